The summed E-state index contributed by atoms with van der Waals surface area (Å²) < 4.78 is 1.14. The highest BCUT2D eigenvalue weighted by molar-refractivity contribution is 7.19. The number of aromatic nitrogens is 3. The summed E-state index contributed by atoms with van der Waals surface area (Å²) in [4.78, 5) is 27.4. The van der Waals surface area contributed by atoms with E-state index in [1.807, 2.05) is 0 Å². The molecule has 7 nitrogen and oxygen atoms in total. The zero-order valence-electron chi connectivity index (χ0n) is 10.1. The second-order valence-electron chi connectivity index (χ2n) is 4.26. The number of hydrogen-bond donors (Lipinski definition) is 2. The summed E-state index contributed by atoms with van der Waals surface area (Å²) in [5, 5.41) is 7.40. The normalized spacial score (nSPS) is 12.7. The number of hydrogen-bond acceptors (Lipinski definition) is 5. The van der Waals surface area contributed by atoms with Crippen molar-refractivity contribution in [3.05, 3.63) is 17.5 Å². The molecule has 0 spiro atoms. The van der Waals surface area contributed by atoms with Gasteiger partial charge in [0.15, 0.2) is 5.13 Å². The Morgan fingerprint density at radius 3 is 2.95 bits per heavy atom. The molecule has 3 rings (SSSR count). The first-order valence-electron chi connectivity index (χ1n) is 5.70. The van der Waals surface area contributed by atoms with Crippen LogP contribution in [-0.2, 0) is 17.6 Å². The molecular formula is C11H11N5O2S. The molecule has 1 aliphatic rings. The first-order chi connectivity index (χ1) is 9.04. The number of aryl methyl sites for hydroxylation is 2. The van der Waals surface area contributed by atoms with Gasteiger partial charge in [-0.05, 0) is 12.8 Å². The van der Waals surface area contributed by atoms with E-state index in [-0.39, 0.29) is 5.91 Å². The van der Waals surface area contributed by atoms with Crippen LogP contribution < -0.4 is 11.1 Å². The molecule has 3 N–H and O–H groups in total. The molecule has 2 heterocycles. The topological polar surface area (TPSA) is 103 Å². The van der Waals surface area contributed by atoms with E-state index in [0.717, 1.165) is 39.4 Å². The van der Waals surface area contributed by atoms with Gasteiger partial charge in [0.25, 0.3) is 0 Å². The van der Waals surface area contributed by atoms with Crippen molar-refractivity contribution >= 4 is 28.4 Å². The van der Waals surface area contributed by atoms with Crippen molar-refractivity contribution in [2.75, 3.05) is 5.32 Å². The summed E-state index contributed by atoms with van der Waals surface area (Å²) in [5.74, 6) is -0.158. The number of nitrogens with two attached hydrogens (primary N) is 1. The maximum absolute atomic E-state index is 11.1. The van der Waals surface area contributed by atoms with Crippen LogP contribution in [0.25, 0.3) is 10.6 Å². The Morgan fingerprint density at radius 1 is 1.47 bits per heavy atom. The Hall–Kier alpha value is -2.22. The number of nitrogens with one attached hydrogen (secondary N) is 1. The summed E-state index contributed by atoms with van der Waals surface area (Å²) in [6, 6.07) is -0.609. The van der Waals surface area contributed by atoms with E-state index in [9.17, 15) is 9.59 Å². The molecule has 0 aromatic carbocycles. The van der Waals surface area contributed by atoms with Crippen LogP contribution in [0.3, 0.4) is 0 Å². The number of nitrogens with zero attached hydrogens (tertiary/aromatic N) is 3. The number of fused-ring (bicyclic) bond motifs is 3. The van der Waals surface area contributed by atoms with E-state index in [1.54, 1.807) is 6.20 Å². The molecule has 2 aromatic rings. The number of carbonyl (C=O) groups excluding carboxylic acids is 2. The summed E-state index contributed by atoms with van der Waals surface area (Å²) >= 11 is 1.36. The molecule has 0 atom stereocenters. The molecule has 0 bridgehead atoms. The Bertz CT molecular complexity index is 687. The minimum atomic E-state index is -0.609. The van der Waals surface area contributed by atoms with Gasteiger partial charge in [0.1, 0.15) is 5.69 Å². The van der Waals surface area contributed by atoms with Gasteiger partial charge in [-0.1, -0.05) is 11.3 Å². The summed E-state index contributed by atoms with van der Waals surface area (Å²) in [7, 11) is 0. The standard InChI is InChI=1S/C11H11N5O2S/c1-5(17)13-11-14-7-3-2-6-4-16(10(12)18)15-8(6)9(7)19-11/h4H,2-3H2,1H3,(H2,12,18)(H,13,14,17). The van der Waals surface area contributed by atoms with Crippen LogP contribution in [0.4, 0.5) is 9.93 Å². The fourth-order valence-electron chi connectivity index (χ4n) is 2.06. The number of carbonyl (C=O) groups is 2. The fourth-order valence-corrected chi connectivity index (χ4v) is 3.14. The van der Waals surface area contributed by atoms with Gasteiger partial charge in [0, 0.05) is 18.7 Å². The molecule has 0 fully saturated rings. The number of amides is 2. The van der Waals surface area contributed by atoms with Gasteiger partial charge < -0.3 is 11.1 Å². The van der Waals surface area contributed by atoms with Crippen LogP contribution >= 0.6 is 11.3 Å². The van der Waals surface area contributed by atoms with Gasteiger partial charge in [0.05, 0.1) is 10.6 Å². The fraction of sp³-hybridized carbons (Fsp3) is 0.273. The number of thiazole rings is 1. The van der Waals surface area contributed by atoms with E-state index in [4.69, 9.17) is 5.73 Å². The summed E-state index contributed by atoms with van der Waals surface area (Å²) in [6.07, 6.45) is 3.18. The molecular weight excluding hydrogens is 266 g/mol. The lowest BCUT2D eigenvalue weighted by atomic mass is 10.0. The molecule has 1 aliphatic carbocycles. The molecule has 0 aliphatic heterocycles. The first-order valence-corrected chi connectivity index (χ1v) is 6.52. The predicted octanol–water partition coefficient (Wildman–Crippen LogP) is 0.990. The highest BCUT2D eigenvalue weighted by atomic mass is 32.1. The van der Waals surface area contributed by atoms with Crippen molar-refractivity contribution in [3.63, 3.8) is 0 Å². The molecule has 0 saturated heterocycles. The van der Waals surface area contributed by atoms with Crippen LogP contribution in [0.15, 0.2) is 6.20 Å². The zero-order valence-corrected chi connectivity index (χ0v) is 11.0. The van der Waals surface area contributed by atoms with E-state index in [1.165, 1.54) is 18.3 Å². The smallest absolute Gasteiger partial charge is 0.339 e. The van der Waals surface area contributed by atoms with Gasteiger partial charge in [-0.2, -0.15) is 9.78 Å². The van der Waals surface area contributed by atoms with Crippen LogP contribution in [0, 0.1) is 0 Å². The highest BCUT2D eigenvalue weighted by Gasteiger charge is 2.25. The number of anilines is 1. The predicted molar refractivity (Wildman–Crippen MR) is 70.0 cm³/mol. The van der Waals surface area contributed by atoms with Crippen molar-refractivity contribution in [2.45, 2.75) is 19.8 Å². The Kier molecular flexibility index (Phi) is 2.59. The SMILES string of the molecule is CC(=O)Nc1nc2c(s1)-c1nn(C(N)=O)cc1CC2. The third kappa shape index (κ3) is 1.99. The molecule has 0 radical (unpaired) electrons. The lowest BCUT2D eigenvalue weighted by molar-refractivity contribution is -0.114. The number of rotatable bonds is 1. The third-order valence-corrected chi connectivity index (χ3v) is 3.86. The van der Waals surface area contributed by atoms with Gasteiger partial charge in [-0.15, -0.1) is 0 Å². The monoisotopic (exact) mass is 277 g/mol. The van der Waals surface area contributed by atoms with Gasteiger partial charge in [0.2, 0.25) is 5.91 Å². The van der Waals surface area contributed by atoms with Gasteiger partial charge in [-0.3, -0.25) is 4.79 Å². The van der Waals surface area contributed by atoms with Crippen LogP contribution in [0.2, 0.25) is 0 Å². The lowest BCUT2D eigenvalue weighted by Crippen LogP contribution is -2.19. The third-order valence-electron chi connectivity index (χ3n) is 2.84. The average Bonchev–Trinajstić information content (AvgIpc) is 2.88. The second-order valence-corrected chi connectivity index (χ2v) is 5.26. The Labute approximate surface area is 112 Å². The van der Waals surface area contributed by atoms with Crippen LogP contribution in [0.1, 0.15) is 18.2 Å². The van der Waals surface area contributed by atoms with Crippen molar-refractivity contribution in [1.29, 1.82) is 0 Å². The largest absolute Gasteiger partial charge is 0.350 e. The molecule has 2 aromatic heterocycles. The average molecular weight is 277 g/mol. The zero-order chi connectivity index (χ0) is 13.6. The molecule has 98 valence electrons. The molecule has 2 amide bonds. The van der Waals surface area contributed by atoms with Gasteiger partial charge >= 0.3 is 6.03 Å². The van der Waals surface area contributed by atoms with E-state index < -0.39 is 6.03 Å². The van der Waals surface area contributed by atoms with Gasteiger partial charge in [-0.25, -0.2) is 9.78 Å². The Morgan fingerprint density at radius 2 is 2.26 bits per heavy atom. The van der Waals surface area contributed by atoms with Crippen molar-refractivity contribution < 1.29 is 9.59 Å². The molecule has 8 heteroatoms. The maximum atomic E-state index is 11.1. The van der Waals surface area contributed by atoms with E-state index >= 15 is 0 Å². The quantitative estimate of drug-likeness (QED) is 0.811. The van der Waals surface area contributed by atoms with Crippen molar-refractivity contribution in [2.24, 2.45) is 5.73 Å². The first kappa shape index (κ1) is 11.8. The molecule has 0 saturated carbocycles. The summed E-state index contributed by atoms with van der Waals surface area (Å²) in [6.45, 7) is 1.44. The lowest BCUT2D eigenvalue weighted by Gasteiger charge is -2.07. The van der Waals surface area contributed by atoms with E-state index in [0.29, 0.717) is 5.13 Å². The summed E-state index contributed by atoms with van der Waals surface area (Å²) in [5.41, 5.74) is 7.82. The Balaban J connectivity index is 2.05. The maximum Gasteiger partial charge on any atom is 0.339 e. The van der Waals surface area contributed by atoms with Crippen LogP contribution in [0.5, 0.6) is 0 Å². The van der Waals surface area contributed by atoms with Crippen molar-refractivity contribution in [3.8, 4) is 10.6 Å². The van der Waals surface area contributed by atoms with Crippen LogP contribution in [-0.4, -0.2) is 26.7 Å². The highest BCUT2D eigenvalue weighted by Crippen LogP contribution is 2.38. The minimum absolute atomic E-state index is 0.158. The van der Waals surface area contributed by atoms with Crippen molar-refractivity contribution in [1.82, 2.24) is 14.8 Å². The molecule has 19 heavy (non-hydrogen) atoms. The minimum Gasteiger partial charge on any atom is -0.350 e. The van der Waals surface area contributed by atoms with E-state index in [2.05, 4.69) is 15.4 Å². The number of primary amides is 1. The molecule has 0 unspecified atom stereocenters. The second kappa shape index (κ2) is 4.16.